The summed E-state index contributed by atoms with van der Waals surface area (Å²) in [5.74, 6) is -0.227. The second kappa shape index (κ2) is 11.8. The van der Waals surface area contributed by atoms with Crippen LogP contribution in [-0.4, -0.2) is 40.2 Å². The van der Waals surface area contributed by atoms with Crippen LogP contribution in [0.5, 0.6) is 0 Å². The van der Waals surface area contributed by atoms with Crippen LogP contribution in [0.2, 0.25) is 6.04 Å². The van der Waals surface area contributed by atoms with E-state index in [9.17, 15) is 4.57 Å². The van der Waals surface area contributed by atoms with Crippen LogP contribution in [0.25, 0.3) is 0 Å². The zero-order valence-corrected chi connectivity index (χ0v) is 17.4. The fraction of sp³-hybridized carbons (Fsp3) is 1.00. The minimum absolute atomic E-state index is 0.227. The first-order valence-electron chi connectivity index (χ1n) is 9.00. The van der Waals surface area contributed by atoms with Crippen molar-refractivity contribution in [1.29, 1.82) is 0 Å². The van der Waals surface area contributed by atoms with Crippen molar-refractivity contribution in [1.82, 2.24) is 0 Å². The van der Waals surface area contributed by atoms with Gasteiger partial charge in [-0.15, -0.1) is 0 Å². The van der Waals surface area contributed by atoms with Gasteiger partial charge in [0.2, 0.25) is 0 Å². The normalized spacial score (nSPS) is 14.3. The third kappa shape index (κ3) is 6.84. The molecule has 0 aromatic rings. The Bertz CT molecular complexity index is 309. The molecular formula is C16H37O4PSi. The Labute approximate surface area is 139 Å². The van der Waals surface area contributed by atoms with Crippen LogP contribution < -0.4 is 0 Å². The monoisotopic (exact) mass is 352 g/mol. The highest BCUT2D eigenvalue weighted by Gasteiger charge is 2.45. The minimum Gasteiger partial charge on any atom is -0.373 e. The molecule has 0 bridgehead atoms. The Morgan fingerprint density at radius 2 is 1.36 bits per heavy atom. The Balaban J connectivity index is 5.30. The lowest BCUT2D eigenvalue weighted by molar-refractivity contribution is 0.0470. The summed E-state index contributed by atoms with van der Waals surface area (Å²) in [6.07, 6.45) is 4.95. The van der Waals surface area contributed by atoms with Gasteiger partial charge in [0.25, 0.3) is 0 Å². The first kappa shape index (κ1) is 22.3. The highest BCUT2D eigenvalue weighted by molar-refractivity contribution is 7.64. The molecule has 0 aliphatic carbocycles. The first-order chi connectivity index (χ1) is 10.5. The number of hydrogen-bond acceptors (Lipinski definition) is 4. The molecule has 134 valence electrons. The Kier molecular flexibility index (Phi) is 12.0. The van der Waals surface area contributed by atoms with Gasteiger partial charge in [-0.25, -0.2) is 0 Å². The molecule has 0 rings (SSSR count). The minimum atomic E-state index is -2.74. The zero-order chi connectivity index (χ0) is 17.1. The first-order valence-corrected chi connectivity index (χ1v) is 13.1. The molecule has 1 unspecified atom stereocenters. The van der Waals surface area contributed by atoms with Crippen molar-refractivity contribution in [2.45, 2.75) is 79.1 Å². The van der Waals surface area contributed by atoms with Crippen LogP contribution in [0.4, 0.5) is 0 Å². The molecule has 1 atom stereocenters. The molecule has 0 aromatic carbocycles. The van der Waals surface area contributed by atoms with Gasteiger partial charge in [-0.3, -0.25) is 0 Å². The number of hydrogen-bond donors (Lipinski definition) is 0. The molecule has 0 N–H and O–H groups in total. The predicted molar refractivity (Wildman–Crippen MR) is 97.2 cm³/mol. The van der Waals surface area contributed by atoms with Gasteiger partial charge in [0.1, 0.15) is 13.0 Å². The maximum absolute atomic E-state index is 13.1. The van der Waals surface area contributed by atoms with Gasteiger partial charge in [-0.2, -0.15) is 0 Å². The SMILES string of the molecule is CCCO[Si](CCC)(OCCC)OC(CC)P(=O)(CC)CC. The Hall–Kier alpha value is 0.327. The summed E-state index contributed by atoms with van der Waals surface area (Å²) < 4.78 is 31.7. The molecule has 0 amide bonds. The average molecular weight is 353 g/mol. The van der Waals surface area contributed by atoms with E-state index in [0.717, 1.165) is 31.7 Å². The number of rotatable bonds is 14. The van der Waals surface area contributed by atoms with Crippen molar-refractivity contribution in [2.24, 2.45) is 0 Å². The average Bonchev–Trinajstić information content (AvgIpc) is 2.55. The lowest BCUT2D eigenvalue weighted by atomic mass is 10.5. The third-order valence-electron chi connectivity index (χ3n) is 3.87. The van der Waals surface area contributed by atoms with Crippen LogP contribution >= 0.6 is 7.14 Å². The van der Waals surface area contributed by atoms with E-state index in [2.05, 4.69) is 20.8 Å². The summed E-state index contributed by atoms with van der Waals surface area (Å²) in [7, 11) is -5.06. The molecule has 0 saturated carbocycles. The molecule has 4 nitrogen and oxygen atoms in total. The summed E-state index contributed by atoms with van der Waals surface area (Å²) in [5, 5.41) is 0. The Morgan fingerprint density at radius 3 is 1.68 bits per heavy atom. The fourth-order valence-corrected chi connectivity index (χ4v) is 8.51. The van der Waals surface area contributed by atoms with E-state index >= 15 is 0 Å². The van der Waals surface area contributed by atoms with Crippen LogP contribution in [0.1, 0.15) is 67.2 Å². The van der Waals surface area contributed by atoms with Crippen LogP contribution in [-0.2, 0) is 17.8 Å². The van der Waals surface area contributed by atoms with Gasteiger partial charge in [0, 0.05) is 31.6 Å². The second-order valence-electron chi connectivity index (χ2n) is 5.70. The standard InChI is InChI=1S/C16H37O4PSi/c1-7-13-18-22(15-9-3,19-14-8-2)20-16(10-4)21(17,11-5)12-6/h16H,7-15H2,1-6H3. The van der Waals surface area contributed by atoms with Gasteiger partial charge in [-0.1, -0.05) is 48.0 Å². The van der Waals surface area contributed by atoms with Crippen LogP contribution in [0.15, 0.2) is 0 Å². The van der Waals surface area contributed by atoms with Crippen LogP contribution in [0, 0.1) is 0 Å². The van der Waals surface area contributed by atoms with Crippen molar-refractivity contribution < 1.29 is 17.8 Å². The fourth-order valence-electron chi connectivity index (χ4n) is 2.48. The van der Waals surface area contributed by atoms with E-state index in [1.54, 1.807) is 0 Å². The molecule has 0 fully saturated rings. The van der Waals surface area contributed by atoms with Gasteiger partial charge >= 0.3 is 8.80 Å². The van der Waals surface area contributed by atoms with E-state index in [-0.39, 0.29) is 5.85 Å². The van der Waals surface area contributed by atoms with Crippen molar-refractivity contribution in [3.05, 3.63) is 0 Å². The molecule has 0 aliphatic rings. The molecule has 0 spiro atoms. The topological polar surface area (TPSA) is 44.8 Å². The smallest absolute Gasteiger partial charge is 0.373 e. The summed E-state index contributed by atoms with van der Waals surface area (Å²) in [4.78, 5) is 0. The molecular weight excluding hydrogens is 315 g/mol. The maximum atomic E-state index is 13.1. The summed E-state index contributed by atoms with van der Waals surface area (Å²) >= 11 is 0. The van der Waals surface area contributed by atoms with Crippen molar-refractivity contribution in [2.75, 3.05) is 25.5 Å². The van der Waals surface area contributed by atoms with E-state index in [1.165, 1.54) is 0 Å². The molecule has 0 radical (unpaired) electrons. The van der Waals surface area contributed by atoms with Gasteiger partial charge < -0.3 is 17.8 Å². The van der Waals surface area contributed by atoms with E-state index in [1.807, 2.05) is 20.8 Å². The van der Waals surface area contributed by atoms with Crippen molar-refractivity contribution in [3.63, 3.8) is 0 Å². The lowest BCUT2D eigenvalue weighted by Gasteiger charge is -2.36. The highest BCUT2D eigenvalue weighted by Crippen LogP contribution is 2.52. The molecule has 0 heterocycles. The largest absolute Gasteiger partial charge is 0.501 e. The molecule has 0 saturated heterocycles. The van der Waals surface area contributed by atoms with E-state index < -0.39 is 15.9 Å². The van der Waals surface area contributed by atoms with Gasteiger partial charge in [0.05, 0.1) is 0 Å². The van der Waals surface area contributed by atoms with Gasteiger partial charge in [-0.05, 0) is 19.3 Å². The second-order valence-corrected chi connectivity index (χ2v) is 12.1. The quantitative estimate of drug-likeness (QED) is 0.312. The molecule has 6 heteroatoms. The molecule has 0 aliphatic heterocycles. The van der Waals surface area contributed by atoms with Crippen molar-refractivity contribution >= 4 is 15.9 Å². The van der Waals surface area contributed by atoms with Gasteiger partial charge in [0.15, 0.2) is 0 Å². The summed E-state index contributed by atoms with van der Waals surface area (Å²) in [6, 6.07) is 0.803. The highest BCUT2D eigenvalue weighted by atomic mass is 31.2. The predicted octanol–water partition coefficient (Wildman–Crippen LogP) is 5.34. The third-order valence-corrected chi connectivity index (χ3v) is 10.8. The zero-order valence-electron chi connectivity index (χ0n) is 15.5. The Morgan fingerprint density at radius 1 is 0.864 bits per heavy atom. The van der Waals surface area contributed by atoms with E-state index in [4.69, 9.17) is 13.3 Å². The molecule has 0 aromatic heterocycles. The van der Waals surface area contributed by atoms with Crippen LogP contribution in [0.3, 0.4) is 0 Å². The molecule has 22 heavy (non-hydrogen) atoms. The van der Waals surface area contributed by atoms with E-state index in [0.29, 0.717) is 25.5 Å². The van der Waals surface area contributed by atoms with Crippen molar-refractivity contribution in [3.8, 4) is 0 Å². The maximum Gasteiger partial charge on any atom is 0.501 e. The lowest BCUT2D eigenvalue weighted by Crippen LogP contribution is -2.48. The summed E-state index contributed by atoms with van der Waals surface area (Å²) in [5.41, 5.74) is 0. The summed E-state index contributed by atoms with van der Waals surface area (Å²) in [6.45, 7) is 13.6.